The van der Waals surface area contributed by atoms with Gasteiger partial charge in [-0.15, -0.1) is 0 Å². The molecule has 22 heavy (non-hydrogen) atoms. The number of aliphatic hydroxyl groups excluding tert-OH is 1. The number of aryl methyl sites for hydroxylation is 1. The van der Waals surface area contributed by atoms with Crippen LogP contribution in [-0.4, -0.2) is 53.3 Å². The first-order valence-electron chi connectivity index (χ1n) is 8.04. The molecule has 1 aliphatic carbocycles. The summed E-state index contributed by atoms with van der Waals surface area (Å²) in [6, 6.07) is 5.78. The lowest BCUT2D eigenvalue weighted by molar-refractivity contribution is -0.202. The number of aromatic nitrogens is 1. The molecule has 120 valence electrons. The van der Waals surface area contributed by atoms with Crippen LogP contribution in [0.15, 0.2) is 24.4 Å². The van der Waals surface area contributed by atoms with Crippen molar-refractivity contribution >= 4 is 5.91 Å². The number of amides is 1. The standard InChI is InChI=1S/C17H24N2O3/c1-22-15-12-14(20)17(15)7-10-19(11-8-17)16(21)6-5-13-4-2-3-9-18-13/h2-4,9,14-15,20H,5-8,10-12H2,1H3. The Labute approximate surface area is 131 Å². The Bertz CT molecular complexity index is 512. The molecule has 2 aliphatic rings. The molecule has 1 saturated heterocycles. The van der Waals surface area contributed by atoms with E-state index in [1.165, 1.54) is 0 Å². The van der Waals surface area contributed by atoms with E-state index in [0.29, 0.717) is 12.8 Å². The molecular formula is C17H24N2O3. The van der Waals surface area contributed by atoms with Gasteiger partial charge >= 0.3 is 0 Å². The predicted octanol–water partition coefficient (Wildman–Crippen LogP) is 1.40. The average molecular weight is 304 g/mol. The second-order valence-electron chi connectivity index (χ2n) is 6.41. The summed E-state index contributed by atoms with van der Waals surface area (Å²) in [7, 11) is 1.71. The fraction of sp³-hybridized carbons (Fsp3) is 0.647. The Hall–Kier alpha value is -1.46. The van der Waals surface area contributed by atoms with Crippen LogP contribution in [0.4, 0.5) is 0 Å². The Morgan fingerprint density at radius 2 is 2.23 bits per heavy atom. The molecule has 0 bridgehead atoms. The molecule has 2 atom stereocenters. The number of carbonyl (C=O) groups is 1. The zero-order chi connectivity index (χ0) is 15.6. The van der Waals surface area contributed by atoms with Gasteiger partial charge in [-0.1, -0.05) is 6.07 Å². The molecule has 1 aromatic rings. The maximum atomic E-state index is 12.3. The first kappa shape index (κ1) is 15.4. The van der Waals surface area contributed by atoms with Crippen LogP contribution in [-0.2, 0) is 16.0 Å². The molecule has 2 fully saturated rings. The highest BCUT2D eigenvalue weighted by Crippen LogP contribution is 2.50. The summed E-state index contributed by atoms with van der Waals surface area (Å²) in [5, 5.41) is 10.1. The lowest BCUT2D eigenvalue weighted by atomic mass is 9.58. The number of aliphatic hydroxyl groups is 1. The number of ether oxygens (including phenoxy) is 1. The van der Waals surface area contributed by atoms with Crippen LogP contribution in [0.1, 0.15) is 31.4 Å². The van der Waals surface area contributed by atoms with Crippen molar-refractivity contribution in [2.75, 3.05) is 20.2 Å². The third-order valence-electron chi connectivity index (χ3n) is 5.39. The van der Waals surface area contributed by atoms with E-state index in [-0.39, 0.29) is 23.5 Å². The van der Waals surface area contributed by atoms with E-state index in [4.69, 9.17) is 4.74 Å². The minimum atomic E-state index is -0.275. The molecular weight excluding hydrogens is 280 g/mol. The molecule has 3 rings (SSSR count). The lowest BCUT2D eigenvalue weighted by Crippen LogP contribution is -2.62. The summed E-state index contributed by atoms with van der Waals surface area (Å²) >= 11 is 0. The van der Waals surface area contributed by atoms with E-state index < -0.39 is 0 Å². The molecule has 1 aliphatic heterocycles. The van der Waals surface area contributed by atoms with E-state index in [1.54, 1.807) is 13.3 Å². The lowest BCUT2D eigenvalue weighted by Gasteiger charge is -2.56. The van der Waals surface area contributed by atoms with Crippen molar-refractivity contribution in [3.8, 4) is 0 Å². The van der Waals surface area contributed by atoms with E-state index in [1.807, 2.05) is 23.1 Å². The van der Waals surface area contributed by atoms with Crippen molar-refractivity contribution in [3.05, 3.63) is 30.1 Å². The second kappa shape index (κ2) is 6.34. The first-order chi connectivity index (χ1) is 10.7. The topological polar surface area (TPSA) is 62.7 Å². The molecule has 2 unspecified atom stereocenters. The van der Waals surface area contributed by atoms with Gasteiger partial charge in [0.2, 0.25) is 5.91 Å². The van der Waals surface area contributed by atoms with E-state index in [9.17, 15) is 9.90 Å². The highest BCUT2D eigenvalue weighted by molar-refractivity contribution is 5.76. The summed E-state index contributed by atoms with van der Waals surface area (Å²) < 4.78 is 5.48. The molecule has 1 aromatic heterocycles. The fourth-order valence-electron chi connectivity index (χ4n) is 3.82. The largest absolute Gasteiger partial charge is 0.392 e. The normalized spacial score (nSPS) is 26.7. The summed E-state index contributed by atoms with van der Waals surface area (Å²) in [4.78, 5) is 18.5. The molecule has 0 radical (unpaired) electrons. The van der Waals surface area contributed by atoms with Crippen molar-refractivity contribution < 1.29 is 14.6 Å². The number of hydrogen-bond acceptors (Lipinski definition) is 4. The van der Waals surface area contributed by atoms with Gasteiger partial charge in [-0.25, -0.2) is 0 Å². The zero-order valence-electron chi connectivity index (χ0n) is 13.1. The molecule has 2 heterocycles. The molecule has 1 spiro atoms. The number of pyridine rings is 1. The third kappa shape index (κ3) is 2.75. The van der Waals surface area contributed by atoms with E-state index in [0.717, 1.165) is 38.0 Å². The van der Waals surface area contributed by atoms with Gasteiger partial charge in [-0.2, -0.15) is 0 Å². The van der Waals surface area contributed by atoms with Gasteiger partial charge in [-0.3, -0.25) is 9.78 Å². The van der Waals surface area contributed by atoms with Gasteiger partial charge < -0.3 is 14.7 Å². The average Bonchev–Trinajstić information content (AvgIpc) is 2.58. The van der Waals surface area contributed by atoms with Gasteiger partial charge in [-0.05, 0) is 31.4 Å². The third-order valence-corrected chi connectivity index (χ3v) is 5.39. The number of methoxy groups -OCH3 is 1. The highest BCUT2D eigenvalue weighted by atomic mass is 16.5. The van der Waals surface area contributed by atoms with Crippen molar-refractivity contribution in [3.63, 3.8) is 0 Å². The molecule has 1 amide bonds. The van der Waals surface area contributed by atoms with Crippen LogP contribution >= 0.6 is 0 Å². The maximum absolute atomic E-state index is 12.3. The van der Waals surface area contributed by atoms with Crippen molar-refractivity contribution in [1.29, 1.82) is 0 Å². The Balaban J connectivity index is 1.50. The quantitative estimate of drug-likeness (QED) is 0.913. The first-order valence-corrected chi connectivity index (χ1v) is 8.04. The van der Waals surface area contributed by atoms with Crippen molar-refractivity contribution in [2.45, 2.75) is 44.3 Å². The summed E-state index contributed by atoms with van der Waals surface area (Å²) in [6.07, 6.45) is 5.21. The SMILES string of the molecule is COC1CC(O)C12CCN(C(=O)CCc1ccccn1)CC2. The van der Waals surface area contributed by atoms with Gasteiger partial charge in [0, 0.05) is 50.3 Å². The number of hydrogen-bond donors (Lipinski definition) is 1. The van der Waals surface area contributed by atoms with Crippen LogP contribution in [0.5, 0.6) is 0 Å². The van der Waals surface area contributed by atoms with E-state index in [2.05, 4.69) is 4.98 Å². The van der Waals surface area contributed by atoms with Gasteiger partial charge in [0.25, 0.3) is 0 Å². The smallest absolute Gasteiger partial charge is 0.222 e. The molecule has 5 nitrogen and oxygen atoms in total. The Morgan fingerprint density at radius 1 is 1.45 bits per heavy atom. The molecule has 0 aromatic carbocycles. The van der Waals surface area contributed by atoms with Crippen molar-refractivity contribution in [2.24, 2.45) is 5.41 Å². The fourth-order valence-corrected chi connectivity index (χ4v) is 3.82. The van der Waals surface area contributed by atoms with Gasteiger partial charge in [0.1, 0.15) is 0 Å². The van der Waals surface area contributed by atoms with Crippen LogP contribution in [0.25, 0.3) is 0 Å². The second-order valence-corrected chi connectivity index (χ2v) is 6.41. The summed E-state index contributed by atoms with van der Waals surface area (Å²) in [6.45, 7) is 1.44. The van der Waals surface area contributed by atoms with Crippen LogP contribution < -0.4 is 0 Å². The molecule has 1 N–H and O–H groups in total. The van der Waals surface area contributed by atoms with E-state index >= 15 is 0 Å². The van der Waals surface area contributed by atoms with Gasteiger partial charge in [0.05, 0.1) is 12.2 Å². The predicted molar refractivity (Wildman–Crippen MR) is 82.2 cm³/mol. The number of nitrogens with zero attached hydrogens (tertiary/aromatic N) is 2. The van der Waals surface area contributed by atoms with Crippen LogP contribution in [0.3, 0.4) is 0 Å². The minimum absolute atomic E-state index is 0.119. The summed E-state index contributed by atoms with van der Waals surface area (Å²) in [5.41, 5.74) is 0.838. The van der Waals surface area contributed by atoms with Crippen molar-refractivity contribution in [1.82, 2.24) is 9.88 Å². The maximum Gasteiger partial charge on any atom is 0.222 e. The minimum Gasteiger partial charge on any atom is -0.392 e. The van der Waals surface area contributed by atoms with Crippen LogP contribution in [0, 0.1) is 5.41 Å². The zero-order valence-corrected chi connectivity index (χ0v) is 13.1. The van der Waals surface area contributed by atoms with Crippen LogP contribution in [0.2, 0.25) is 0 Å². The number of piperidine rings is 1. The number of rotatable bonds is 4. The van der Waals surface area contributed by atoms with Gasteiger partial charge in [0.15, 0.2) is 0 Å². The Kier molecular flexibility index (Phi) is 4.45. The highest BCUT2D eigenvalue weighted by Gasteiger charge is 2.56. The number of carbonyl (C=O) groups excluding carboxylic acids is 1. The molecule has 1 saturated carbocycles. The Morgan fingerprint density at radius 3 is 2.82 bits per heavy atom. The monoisotopic (exact) mass is 304 g/mol. The molecule has 5 heteroatoms. The summed E-state index contributed by atoms with van der Waals surface area (Å²) in [5.74, 6) is 0.184. The number of likely N-dealkylation sites (tertiary alicyclic amines) is 1.